The van der Waals surface area contributed by atoms with Gasteiger partial charge in [0.25, 0.3) is 0 Å². The first kappa shape index (κ1) is 22.4. The summed E-state index contributed by atoms with van der Waals surface area (Å²) in [7, 11) is 0. The second-order valence-corrected chi connectivity index (χ2v) is 6.68. The first-order chi connectivity index (χ1) is 12.6. The molecular formula is C16H26N4O7. The van der Waals surface area contributed by atoms with Crippen LogP contribution >= 0.6 is 0 Å². The van der Waals surface area contributed by atoms with E-state index < -0.39 is 60.1 Å². The van der Waals surface area contributed by atoms with Crippen LogP contribution in [0.2, 0.25) is 0 Å². The summed E-state index contributed by atoms with van der Waals surface area (Å²) < 4.78 is 0. The Kier molecular flexibility index (Phi) is 8.16. The Balaban J connectivity index is 2.88. The molecule has 0 aromatic rings. The van der Waals surface area contributed by atoms with Crippen molar-refractivity contribution in [2.24, 2.45) is 11.7 Å². The van der Waals surface area contributed by atoms with Gasteiger partial charge in [0.15, 0.2) is 0 Å². The number of carboxylic acid groups (broad SMARTS) is 2. The van der Waals surface area contributed by atoms with Crippen molar-refractivity contribution in [3.8, 4) is 0 Å². The molecule has 0 saturated carbocycles. The Morgan fingerprint density at radius 2 is 1.78 bits per heavy atom. The van der Waals surface area contributed by atoms with Crippen molar-refractivity contribution in [2.75, 3.05) is 13.1 Å². The fraction of sp³-hybridized carbons (Fsp3) is 0.688. The number of carboxylic acids is 2. The third-order valence-corrected chi connectivity index (χ3v) is 4.29. The molecule has 3 unspecified atom stereocenters. The highest BCUT2D eigenvalue weighted by molar-refractivity contribution is 5.95. The van der Waals surface area contributed by atoms with Crippen LogP contribution < -0.4 is 16.4 Å². The van der Waals surface area contributed by atoms with Crippen LogP contribution in [0.1, 0.15) is 33.1 Å². The molecule has 1 saturated heterocycles. The highest BCUT2D eigenvalue weighted by atomic mass is 16.4. The number of carbonyl (C=O) groups excluding carboxylic acids is 3. The van der Waals surface area contributed by atoms with E-state index in [0.29, 0.717) is 19.4 Å². The first-order valence-corrected chi connectivity index (χ1v) is 8.63. The quantitative estimate of drug-likeness (QED) is 0.305. The lowest BCUT2D eigenvalue weighted by molar-refractivity contribution is -0.145. The summed E-state index contributed by atoms with van der Waals surface area (Å²) in [5.41, 5.74) is 5.32. The molecule has 0 bridgehead atoms. The third kappa shape index (κ3) is 6.20. The maximum Gasteiger partial charge on any atom is 0.326 e. The molecule has 11 heteroatoms. The Bertz CT molecular complexity index is 608. The smallest absolute Gasteiger partial charge is 0.326 e. The second-order valence-electron chi connectivity index (χ2n) is 6.68. The molecule has 6 N–H and O–H groups in total. The van der Waals surface area contributed by atoms with Gasteiger partial charge in [-0.3, -0.25) is 19.2 Å². The van der Waals surface area contributed by atoms with Crippen molar-refractivity contribution in [3.63, 3.8) is 0 Å². The predicted molar refractivity (Wildman–Crippen MR) is 92.4 cm³/mol. The first-order valence-electron chi connectivity index (χ1n) is 8.63. The van der Waals surface area contributed by atoms with Gasteiger partial charge in [0.1, 0.15) is 18.1 Å². The van der Waals surface area contributed by atoms with Crippen LogP contribution in [0.25, 0.3) is 0 Å². The van der Waals surface area contributed by atoms with Crippen LogP contribution in [-0.4, -0.2) is 76.0 Å². The maximum atomic E-state index is 12.5. The Morgan fingerprint density at radius 1 is 1.15 bits per heavy atom. The van der Waals surface area contributed by atoms with Crippen molar-refractivity contribution < 1.29 is 34.2 Å². The van der Waals surface area contributed by atoms with Crippen LogP contribution in [0.4, 0.5) is 0 Å². The lowest BCUT2D eigenvalue weighted by Gasteiger charge is -2.26. The number of nitrogens with two attached hydrogens (primary N) is 1. The zero-order valence-electron chi connectivity index (χ0n) is 15.3. The SMILES string of the molecule is CC(C)C(NC(=O)C(CC(=O)O)NC(=O)C1CCCN1C(=O)CN)C(=O)O. The van der Waals surface area contributed by atoms with E-state index in [2.05, 4.69) is 10.6 Å². The number of hydrogen-bond donors (Lipinski definition) is 5. The normalized spacial score (nSPS) is 18.7. The van der Waals surface area contributed by atoms with Gasteiger partial charge in [-0.2, -0.15) is 0 Å². The molecule has 0 aromatic carbocycles. The number of likely N-dealkylation sites (tertiary alicyclic amines) is 1. The van der Waals surface area contributed by atoms with Gasteiger partial charge in [0.05, 0.1) is 13.0 Å². The number of aliphatic carboxylic acids is 2. The molecule has 0 aromatic heterocycles. The van der Waals surface area contributed by atoms with Gasteiger partial charge in [-0.05, 0) is 18.8 Å². The summed E-state index contributed by atoms with van der Waals surface area (Å²) in [5.74, 6) is -5.06. The maximum absolute atomic E-state index is 12.5. The third-order valence-electron chi connectivity index (χ3n) is 4.29. The summed E-state index contributed by atoms with van der Waals surface area (Å²) >= 11 is 0. The van der Waals surface area contributed by atoms with Crippen molar-refractivity contribution in [2.45, 2.75) is 51.2 Å². The van der Waals surface area contributed by atoms with Crippen molar-refractivity contribution in [1.82, 2.24) is 15.5 Å². The summed E-state index contributed by atoms with van der Waals surface area (Å²) in [5, 5.41) is 22.7. The molecule has 0 spiro atoms. The van der Waals surface area contributed by atoms with Crippen molar-refractivity contribution in [3.05, 3.63) is 0 Å². The molecule has 1 heterocycles. The van der Waals surface area contributed by atoms with E-state index >= 15 is 0 Å². The Labute approximate surface area is 156 Å². The largest absolute Gasteiger partial charge is 0.481 e. The lowest BCUT2D eigenvalue weighted by Crippen LogP contribution is -2.56. The summed E-state index contributed by atoms with van der Waals surface area (Å²) in [6, 6.07) is -3.54. The highest BCUT2D eigenvalue weighted by Crippen LogP contribution is 2.17. The molecule has 3 atom stereocenters. The fourth-order valence-corrected chi connectivity index (χ4v) is 2.87. The fourth-order valence-electron chi connectivity index (χ4n) is 2.87. The molecule has 0 aliphatic carbocycles. The van der Waals surface area contributed by atoms with Gasteiger partial charge in [-0.1, -0.05) is 13.8 Å². The minimum Gasteiger partial charge on any atom is -0.481 e. The summed E-state index contributed by atoms with van der Waals surface area (Å²) in [6.07, 6.45) is 0.219. The average molecular weight is 386 g/mol. The van der Waals surface area contributed by atoms with Crippen LogP contribution in [0.3, 0.4) is 0 Å². The van der Waals surface area contributed by atoms with E-state index in [1.165, 1.54) is 4.90 Å². The van der Waals surface area contributed by atoms with Crippen molar-refractivity contribution >= 4 is 29.7 Å². The van der Waals surface area contributed by atoms with Gasteiger partial charge < -0.3 is 31.5 Å². The summed E-state index contributed by atoms with van der Waals surface area (Å²) in [6.45, 7) is 3.24. The molecule has 1 aliphatic heterocycles. The Morgan fingerprint density at radius 3 is 2.26 bits per heavy atom. The van der Waals surface area contributed by atoms with Gasteiger partial charge >= 0.3 is 11.9 Å². The van der Waals surface area contributed by atoms with Gasteiger partial charge in [0, 0.05) is 6.54 Å². The van der Waals surface area contributed by atoms with Crippen molar-refractivity contribution in [1.29, 1.82) is 0 Å². The predicted octanol–water partition coefficient (Wildman–Crippen LogP) is -1.88. The Hall–Kier alpha value is -2.69. The minimum absolute atomic E-state index is 0.266. The zero-order valence-corrected chi connectivity index (χ0v) is 15.3. The van der Waals surface area contributed by atoms with E-state index in [9.17, 15) is 24.0 Å². The number of carbonyl (C=O) groups is 5. The minimum atomic E-state index is -1.47. The number of nitrogens with zero attached hydrogens (tertiary/aromatic N) is 1. The molecule has 11 nitrogen and oxygen atoms in total. The monoisotopic (exact) mass is 386 g/mol. The number of hydrogen-bond acceptors (Lipinski definition) is 6. The molecule has 152 valence electrons. The lowest BCUT2D eigenvalue weighted by atomic mass is 10.0. The summed E-state index contributed by atoms with van der Waals surface area (Å²) in [4.78, 5) is 60.2. The highest BCUT2D eigenvalue weighted by Gasteiger charge is 2.36. The molecule has 1 aliphatic rings. The van der Waals surface area contributed by atoms with E-state index in [1.807, 2.05) is 0 Å². The molecule has 1 fully saturated rings. The van der Waals surface area contributed by atoms with E-state index in [1.54, 1.807) is 13.8 Å². The number of rotatable bonds is 9. The topological polar surface area (TPSA) is 179 Å². The number of nitrogens with one attached hydrogen (secondary N) is 2. The molecule has 1 rings (SSSR count). The van der Waals surface area contributed by atoms with E-state index in [0.717, 1.165) is 0 Å². The molecule has 27 heavy (non-hydrogen) atoms. The molecule has 3 amide bonds. The molecule has 0 radical (unpaired) electrons. The zero-order chi connectivity index (χ0) is 20.7. The van der Waals surface area contributed by atoms with Crippen LogP contribution in [0.5, 0.6) is 0 Å². The van der Waals surface area contributed by atoms with E-state index in [-0.39, 0.29) is 6.54 Å². The van der Waals surface area contributed by atoms with Gasteiger partial charge in [-0.15, -0.1) is 0 Å². The standard InChI is InChI=1S/C16H26N4O7/c1-8(2)13(16(26)27)19-14(24)9(6-12(22)23)18-15(25)10-4-3-5-20(10)11(21)7-17/h8-10,13H,3-7,17H2,1-2H3,(H,18,25)(H,19,24)(H,22,23)(H,26,27). The average Bonchev–Trinajstić information content (AvgIpc) is 3.06. The van der Waals surface area contributed by atoms with Gasteiger partial charge in [0.2, 0.25) is 17.7 Å². The molecular weight excluding hydrogens is 360 g/mol. The van der Waals surface area contributed by atoms with Crippen LogP contribution in [0, 0.1) is 5.92 Å². The second kappa shape index (κ2) is 9.86. The number of amides is 3. The van der Waals surface area contributed by atoms with Crippen LogP contribution in [-0.2, 0) is 24.0 Å². The van der Waals surface area contributed by atoms with Gasteiger partial charge in [-0.25, -0.2) is 4.79 Å². The van der Waals surface area contributed by atoms with Crippen LogP contribution in [0.15, 0.2) is 0 Å². The van der Waals surface area contributed by atoms with E-state index in [4.69, 9.17) is 15.9 Å².